The van der Waals surface area contributed by atoms with Crippen LogP contribution in [0.3, 0.4) is 0 Å². The highest BCUT2D eigenvalue weighted by Crippen LogP contribution is 2.37. The molecule has 1 nitrogen and oxygen atoms in total. The lowest BCUT2D eigenvalue weighted by Gasteiger charge is -2.29. The summed E-state index contributed by atoms with van der Waals surface area (Å²) in [6, 6.07) is 12.4. The smallest absolute Gasteiger partial charge is 0.166 e. The summed E-state index contributed by atoms with van der Waals surface area (Å²) in [5.74, 6) is -1.98. The van der Waals surface area contributed by atoms with Crippen LogP contribution in [-0.4, -0.2) is 12.7 Å². The molecule has 1 aliphatic carbocycles. The predicted molar refractivity (Wildman–Crippen MR) is 116 cm³/mol. The molecule has 158 valence electrons. The maximum atomic E-state index is 14.8. The summed E-state index contributed by atoms with van der Waals surface area (Å²) in [6.45, 7) is 9.19. The van der Waals surface area contributed by atoms with Gasteiger partial charge in [-0.05, 0) is 66.9 Å². The minimum atomic E-state index is -0.792. The zero-order valence-corrected chi connectivity index (χ0v) is 17.3. The summed E-state index contributed by atoms with van der Waals surface area (Å²) in [5.41, 5.74) is 2.27. The van der Waals surface area contributed by atoms with E-state index in [1.807, 2.05) is 6.07 Å². The molecule has 0 atom stereocenters. The van der Waals surface area contributed by atoms with Gasteiger partial charge in [0.1, 0.15) is 5.83 Å². The van der Waals surface area contributed by atoms with E-state index in [1.165, 1.54) is 6.08 Å². The highest BCUT2D eigenvalue weighted by Gasteiger charge is 2.27. The second-order valence-electron chi connectivity index (χ2n) is 7.91. The molecule has 0 heterocycles. The standard InChI is InChI=1S/C26H27F3O/c1-17(2)24(27)15-18(3)16-30-21-11-9-20(10-12-21)23-14-13-22(25(28)26(23)29)19-7-5-4-6-8-19/h4-8,13-15,20-21H,1,3,9-12,16H2,2H3/b24-15+. The summed E-state index contributed by atoms with van der Waals surface area (Å²) >= 11 is 0. The Morgan fingerprint density at radius 3 is 2.30 bits per heavy atom. The number of halogens is 3. The van der Waals surface area contributed by atoms with E-state index in [1.54, 1.807) is 43.3 Å². The largest absolute Gasteiger partial charge is 0.374 e. The first-order chi connectivity index (χ1) is 14.4. The number of ether oxygens (including phenoxy) is 1. The Bertz CT molecular complexity index is 938. The molecule has 0 bridgehead atoms. The average molecular weight is 412 g/mol. The molecule has 2 aromatic rings. The van der Waals surface area contributed by atoms with Crippen molar-refractivity contribution in [3.8, 4) is 11.1 Å². The van der Waals surface area contributed by atoms with Crippen LogP contribution < -0.4 is 0 Å². The van der Waals surface area contributed by atoms with Crippen LogP contribution in [0, 0.1) is 11.6 Å². The lowest BCUT2D eigenvalue weighted by molar-refractivity contribution is 0.0393. The molecule has 3 rings (SSSR count). The van der Waals surface area contributed by atoms with Crippen molar-refractivity contribution in [3.63, 3.8) is 0 Å². The van der Waals surface area contributed by atoms with Crippen LogP contribution in [0.4, 0.5) is 13.2 Å². The van der Waals surface area contributed by atoms with Gasteiger partial charge in [-0.15, -0.1) is 0 Å². The molecule has 0 saturated heterocycles. The highest BCUT2D eigenvalue weighted by atomic mass is 19.2. The zero-order chi connectivity index (χ0) is 21.7. The fourth-order valence-corrected chi connectivity index (χ4v) is 3.83. The normalized spacial score (nSPS) is 19.5. The lowest BCUT2D eigenvalue weighted by Crippen LogP contribution is -2.22. The molecule has 0 N–H and O–H groups in total. The molecule has 0 amide bonds. The minimum Gasteiger partial charge on any atom is -0.374 e. The van der Waals surface area contributed by atoms with E-state index in [2.05, 4.69) is 13.2 Å². The Balaban J connectivity index is 1.59. The molecule has 4 heteroatoms. The van der Waals surface area contributed by atoms with Crippen molar-refractivity contribution in [3.05, 3.63) is 95.9 Å². The molecular formula is C26H27F3O. The highest BCUT2D eigenvalue weighted by molar-refractivity contribution is 5.64. The third-order valence-electron chi connectivity index (χ3n) is 5.55. The molecule has 30 heavy (non-hydrogen) atoms. The minimum absolute atomic E-state index is 0.00999. The van der Waals surface area contributed by atoms with E-state index in [-0.39, 0.29) is 24.2 Å². The van der Waals surface area contributed by atoms with Crippen molar-refractivity contribution in [2.45, 2.75) is 44.6 Å². The molecule has 0 radical (unpaired) electrons. The van der Waals surface area contributed by atoms with Crippen molar-refractivity contribution in [1.82, 2.24) is 0 Å². The summed E-state index contributed by atoms with van der Waals surface area (Å²) < 4.78 is 48.9. The molecule has 0 spiro atoms. The first kappa shape index (κ1) is 22.1. The fraction of sp³-hybridized carbons (Fsp3) is 0.308. The summed E-state index contributed by atoms with van der Waals surface area (Å²) in [4.78, 5) is 0. The Labute approximate surface area is 176 Å². The van der Waals surface area contributed by atoms with Crippen molar-refractivity contribution in [2.75, 3.05) is 6.61 Å². The lowest BCUT2D eigenvalue weighted by atomic mass is 9.82. The van der Waals surface area contributed by atoms with E-state index in [0.29, 0.717) is 35.1 Å². The van der Waals surface area contributed by atoms with Gasteiger partial charge in [-0.1, -0.05) is 55.6 Å². The predicted octanol–water partition coefficient (Wildman–Crippen LogP) is 7.66. The SMILES string of the molecule is C=C(/C=C(/F)C(=C)C)COC1CCC(c2ccc(-c3ccccc3)c(F)c2F)CC1. The van der Waals surface area contributed by atoms with Crippen LogP contribution in [0.2, 0.25) is 0 Å². The molecule has 1 aliphatic rings. The van der Waals surface area contributed by atoms with Gasteiger partial charge in [-0.3, -0.25) is 0 Å². The first-order valence-corrected chi connectivity index (χ1v) is 10.2. The first-order valence-electron chi connectivity index (χ1n) is 10.2. The van der Waals surface area contributed by atoms with Gasteiger partial charge < -0.3 is 4.74 Å². The van der Waals surface area contributed by atoms with E-state index >= 15 is 0 Å². The van der Waals surface area contributed by atoms with Gasteiger partial charge in [0.25, 0.3) is 0 Å². The third kappa shape index (κ3) is 5.31. The second kappa shape index (κ2) is 9.94. The third-order valence-corrected chi connectivity index (χ3v) is 5.55. The molecule has 2 aromatic carbocycles. The fourth-order valence-electron chi connectivity index (χ4n) is 3.83. The van der Waals surface area contributed by atoms with Crippen molar-refractivity contribution in [1.29, 1.82) is 0 Å². The van der Waals surface area contributed by atoms with E-state index in [9.17, 15) is 13.2 Å². The van der Waals surface area contributed by atoms with Crippen LogP contribution in [0.25, 0.3) is 11.1 Å². The number of allylic oxidation sites excluding steroid dienone is 2. The quantitative estimate of drug-likeness (QED) is 0.424. The molecule has 0 aromatic heterocycles. The summed E-state index contributed by atoms with van der Waals surface area (Å²) in [5, 5.41) is 0. The Hall–Kier alpha value is -2.59. The second-order valence-corrected chi connectivity index (χ2v) is 7.91. The summed E-state index contributed by atoms with van der Waals surface area (Å²) in [7, 11) is 0. The molecule has 0 unspecified atom stereocenters. The van der Waals surface area contributed by atoms with Gasteiger partial charge in [0.15, 0.2) is 11.6 Å². The van der Waals surface area contributed by atoms with Crippen LogP contribution in [0.5, 0.6) is 0 Å². The Morgan fingerprint density at radius 1 is 1.00 bits per heavy atom. The van der Waals surface area contributed by atoms with Gasteiger partial charge >= 0.3 is 0 Å². The Kier molecular flexibility index (Phi) is 7.33. The molecule has 1 fully saturated rings. The van der Waals surface area contributed by atoms with Crippen LogP contribution >= 0.6 is 0 Å². The average Bonchev–Trinajstić information content (AvgIpc) is 2.75. The van der Waals surface area contributed by atoms with Gasteiger partial charge in [0.05, 0.1) is 12.7 Å². The molecule has 1 saturated carbocycles. The maximum absolute atomic E-state index is 14.8. The van der Waals surface area contributed by atoms with Crippen molar-refractivity contribution >= 4 is 0 Å². The van der Waals surface area contributed by atoms with Crippen molar-refractivity contribution < 1.29 is 17.9 Å². The van der Waals surface area contributed by atoms with Crippen LogP contribution in [-0.2, 0) is 4.74 Å². The number of hydrogen-bond donors (Lipinski definition) is 0. The monoisotopic (exact) mass is 412 g/mol. The van der Waals surface area contributed by atoms with Gasteiger partial charge in [0.2, 0.25) is 0 Å². The van der Waals surface area contributed by atoms with Crippen LogP contribution in [0.1, 0.15) is 44.1 Å². The van der Waals surface area contributed by atoms with E-state index in [4.69, 9.17) is 4.74 Å². The van der Waals surface area contributed by atoms with Crippen molar-refractivity contribution in [2.24, 2.45) is 0 Å². The molecular weight excluding hydrogens is 385 g/mol. The topological polar surface area (TPSA) is 9.23 Å². The Morgan fingerprint density at radius 2 is 1.67 bits per heavy atom. The number of benzene rings is 2. The van der Waals surface area contributed by atoms with E-state index < -0.39 is 17.5 Å². The van der Waals surface area contributed by atoms with Gasteiger partial charge in [-0.25, -0.2) is 13.2 Å². The summed E-state index contributed by atoms with van der Waals surface area (Å²) in [6.07, 6.45) is 4.26. The van der Waals surface area contributed by atoms with E-state index in [0.717, 1.165) is 12.8 Å². The van der Waals surface area contributed by atoms with Gasteiger partial charge in [0, 0.05) is 5.56 Å². The van der Waals surface area contributed by atoms with Gasteiger partial charge in [-0.2, -0.15) is 0 Å². The number of rotatable bonds is 7. The number of hydrogen-bond acceptors (Lipinski definition) is 1. The molecule has 0 aliphatic heterocycles. The zero-order valence-electron chi connectivity index (χ0n) is 17.3. The van der Waals surface area contributed by atoms with Crippen LogP contribution in [0.15, 0.2) is 78.7 Å². The maximum Gasteiger partial charge on any atom is 0.166 e.